The van der Waals surface area contributed by atoms with Gasteiger partial charge in [-0.3, -0.25) is 9.78 Å². The minimum atomic E-state index is -0.193. The maximum atomic E-state index is 12.9. The van der Waals surface area contributed by atoms with E-state index in [4.69, 9.17) is 0 Å². The molecule has 0 aliphatic heterocycles. The Morgan fingerprint density at radius 1 is 1.00 bits per heavy atom. The van der Waals surface area contributed by atoms with E-state index in [2.05, 4.69) is 30.6 Å². The molecule has 0 aliphatic carbocycles. The molecule has 5 rings (SSSR count). The molecule has 3 aromatic heterocycles. The lowest BCUT2D eigenvalue weighted by atomic mass is 10.1. The number of thiazole rings is 1. The van der Waals surface area contributed by atoms with Crippen LogP contribution in [0.15, 0.2) is 78.7 Å². The van der Waals surface area contributed by atoms with Crippen molar-refractivity contribution in [3.8, 4) is 11.3 Å². The maximum absolute atomic E-state index is 12.9. The Balaban J connectivity index is 1.37. The van der Waals surface area contributed by atoms with E-state index < -0.39 is 0 Å². The van der Waals surface area contributed by atoms with Crippen LogP contribution in [0.3, 0.4) is 0 Å². The first-order valence-corrected chi connectivity index (χ1v) is 10.8. The number of carbonyl (C=O) groups excluding carboxylic acids is 1. The van der Waals surface area contributed by atoms with Crippen molar-refractivity contribution in [1.82, 2.24) is 19.9 Å². The molecule has 0 aliphatic rings. The molecule has 32 heavy (non-hydrogen) atoms. The van der Waals surface area contributed by atoms with Crippen molar-refractivity contribution in [2.75, 3.05) is 10.6 Å². The topological polar surface area (TPSA) is 92.7 Å². The van der Waals surface area contributed by atoms with Gasteiger partial charge >= 0.3 is 0 Å². The molecule has 0 fully saturated rings. The summed E-state index contributed by atoms with van der Waals surface area (Å²) < 4.78 is 1.03. The fraction of sp³-hybridized carbons (Fsp3) is 0.0417. The van der Waals surface area contributed by atoms with Crippen molar-refractivity contribution in [2.45, 2.75) is 6.92 Å². The van der Waals surface area contributed by atoms with Gasteiger partial charge in [-0.15, -0.1) is 11.3 Å². The zero-order valence-corrected chi connectivity index (χ0v) is 17.9. The van der Waals surface area contributed by atoms with Crippen LogP contribution in [-0.4, -0.2) is 25.8 Å². The third-order valence-electron chi connectivity index (χ3n) is 4.95. The summed E-state index contributed by atoms with van der Waals surface area (Å²) >= 11 is 1.54. The summed E-state index contributed by atoms with van der Waals surface area (Å²) in [7, 11) is 0. The molecule has 3 heterocycles. The quantitative estimate of drug-likeness (QED) is 0.379. The molecular weight excluding hydrogens is 420 g/mol. The molecule has 0 bridgehead atoms. The molecule has 0 unspecified atom stereocenters. The Morgan fingerprint density at radius 2 is 1.94 bits per heavy atom. The molecule has 156 valence electrons. The van der Waals surface area contributed by atoms with Crippen LogP contribution in [0.2, 0.25) is 0 Å². The first kappa shape index (κ1) is 19.8. The number of carbonyl (C=O) groups is 1. The Hall–Kier alpha value is -4.17. The van der Waals surface area contributed by atoms with E-state index in [1.54, 1.807) is 36.2 Å². The monoisotopic (exact) mass is 438 g/mol. The fourth-order valence-electron chi connectivity index (χ4n) is 3.25. The summed E-state index contributed by atoms with van der Waals surface area (Å²) in [6, 6.07) is 16.8. The second kappa shape index (κ2) is 8.52. The minimum absolute atomic E-state index is 0.193. The number of rotatable bonds is 5. The number of aryl methyl sites for hydroxylation is 1. The molecule has 0 atom stereocenters. The number of pyridine rings is 1. The molecule has 2 N–H and O–H groups in total. The molecule has 8 heteroatoms. The highest BCUT2D eigenvalue weighted by molar-refractivity contribution is 7.16. The van der Waals surface area contributed by atoms with Crippen LogP contribution < -0.4 is 10.6 Å². The molecule has 5 aromatic rings. The number of aromatic nitrogens is 4. The summed E-state index contributed by atoms with van der Waals surface area (Å²) in [6.07, 6.45) is 5.17. The SMILES string of the molecule is Cc1ccc(C(=O)Nc2ccc3ncsc3c2)cc1Nc1nccc(-c2cccnc2)n1. The third-order valence-corrected chi connectivity index (χ3v) is 5.74. The van der Waals surface area contributed by atoms with Crippen molar-refractivity contribution >= 4 is 44.8 Å². The van der Waals surface area contributed by atoms with Gasteiger partial charge in [-0.1, -0.05) is 6.07 Å². The van der Waals surface area contributed by atoms with E-state index >= 15 is 0 Å². The van der Waals surface area contributed by atoms with Gasteiger partial charge in [-0.25, -0.2) is 15.0 Å². The van der Waals surface area contributed by atoms with Gasteiger partial charge in [-0.2, -0.15) is 0 Å². The van der Waals surface area contributed by atoms with Gasteiger partial charge in [0, 0.05) is 41.1 Å². The highest BCUT2D eigenvalue weighted by Crippen LogP contribution is 2.25. The van der Waals surface area contributed by atoms with Gasteiger partial charge in [0.1, 0.15) is 0 Å². The van der Waals surface area contributed by atoms with Crippen LogP contribution in [-0.2, 0) is 0 Å². The average molecular weight is 439 g/mol. The predicted octanol–water partition coefficient (Wildman–Crippen LogP) is 5.45. The molecular formula is C24H18N6OS. The summed E-state index contributed by atoms with van der Waals surface area (Å²) in [5, 5.41) is 6.19. The van der Waals surface area contributed by atoms with E-state index in [-0.39, 0.29) is 5.91 Å². The van der Waals surface area contributed by atoms with Gasteiger partial charge in [0.2, 0.25) is 5.95 Å². The lowest BCUT2D eigenvalue weighted by Gasteiger charge is -2.12. The number of nitrogens with zero attached hydrogens (tertiary/aromatic N) is 4. The van der Waals surface area contributed by atoms with Crippen molar-refractivity contribution in [2.24, 2.45) is 0 Å². The van der Waals surface area contributed by atoms with E-state index in [1.165, 1.54) is 11.3 Å². The standard InChI is InChI=1S/C24H18N6OS/c1-15-4-5-16(23(31)28-18-6-7-20-22(12-18)32-14-27-20)11-21(15)30-24-26-10-8-19(29-24)17-3-2-9-25-13-17/h2-14H,1H3,(H,28,31)(H,26,29,30). The summed E-state index contributed by atoms with van der Waals surface area (Å²) in [6.45, 7) is 1.96. The third kappa shape index (κ3) is 4.17. The number of benzene rings is 2. The van der Waals surface area contributed by atoms with Crippen LogP contribution in [0.1, 0.15) is 15.9 Å². The Kier molecular flexibility index (Phi) is 5.27. The van der Waals surface area contributed by atoms with E-state index in [1.807, 2.05) is 49.4 Å². The van der Waals surface area contributed by atoms with Gasteiger partial charge in [-0.05, 0) is 61.0 Å². The van der Waals surface area contributed by atoms with Crippen molar-refractivity contribution in [3.63, 3.8) is 0 Å². The van der Waals surface area contributed by atoms with Crippen LogP contribution in [0.4, 0.5) is 17.3 Å². The molecule has 2 aromatic carbocycles. The normalized spacial score (nSPS) is 10.8. The molecule has 0 radical (unpaired) electrons. The van der Waals surface area contributed by atoms with Crippen LogP contribution in [0.5, 0.6) is 0 Å². The van der Waals surface area contributed by atoms with Crippen LogP contribution >= 0.6 is 11.3 Å². The Labute approximate surface area is 188 Å². The van der Waals surface area contributed by atoms with Gasteiger partial charge < -0.3 is 10.6 Å². The summed E-state index contributed by atoms with van der Waals surface area (Å²) in [5.41, 5.74) is 7.38. The number of hydrogen-bond acceptors (Lipinski definition) is 7. The molecule has 7 nitrogen and oxygen atoms in total. The maximum Gasteiger partial charge on any atom is 0.255 e. The minimum Gasteiger partial charge on any atom is -0.324 e. The van der Waals surface area contributed by atoms with Crippen LogP contribution in [0, 0.1) is 6.92 Å². The lowest BCUT2D eigenvalue weighted by Crippen LogP contribution is -2.12. The lowest BCUT2D eigenvalue weighted by molar-refractivity contribution is 0.102. The second-order valence-electron chi connectivity index (χ2n) is 7.15. The van der Waals surface area contributed by atoms with E-state index in [9.17, 15) is 4.79 Å². The van der Waals surface area contributed by atoms with Crippen molar-refractivity contribution in [3.05, 3.63) is 89.8 Å². The average Bonchev–Trinajstić information content (AvgIpc) is 3.29. The first-order valence-electron chi connectivity index (χ1n) is 9.91. The van der Waals surface area contributed by atoms with Crippen LogP contribution in [0.25, 0.3) is 21.5 Å². The first-order chi connectivity index (χ1) is 15.7. The smallest absolute Gasteiger partial charge is 0.255 e. The number of hydrogen-bond donors (Lipinski definition) is 2. The Bertz CT molecular complexity index is 1420. The molecule has 0 spiro atoms. The Morgan fingerprint density at radius 3 is 2.81 bits per heavy atom. The van der Waals surface area contributed by atoms with Crippen molar-refractivity contribution in [1.29, 1.82) is 0 Å². The van der Waals surface area contributed by atoms with Gasteiger partial charge in [0.25, 0.3) is 5.91 Å². The molecule has 1 amide bonds. The van der Waals surface area contributed by atoms with Gasteiger partial charge in [0.15, 0.2) is 0 Å². The number of nitrogens with one attached hydrogen (secondary N) is 2. The molecule has 0 saturated carbocycles. The number of amides is 1. The second-order valence-corrected chi connectivity index (χ2v) is 8.04. The van der Waals surface area contributed by atoms with E-state index in [0.717, 1.165) is 38.4 Å². The zero-order valence-electron chi connectivity index (χ0n) is 17.1. The largest absolute Gasteiger partial charge is 0.324 e. The van der Waals surface area contributed by atoms with Gasteiger partial charge in [0.05, 0.1) is 21.4 Å². The highest BCUT2D eigenvalue weighted by Gasteiger charge is 2.11. The van der Waals surface area contributed by atoms with Crippen molar-refractivity contribution < 1.29 is 4.79 Å². The molecule has 0 saturated heterocycles. The highest BCUT2D eigenvalue weighted by atomic mass is 32.1. The summed E-state index contributed by atoms with van der Waals surface area (Å²) in [5.74, 6) is 0.254. The predicted molar refractivity (Wildman–Crippen MR) is 127 cm³/mol. The number of fused-ring (bicyclic) bond motifs is 1. The van der Waals surface area contributed by atoms with E-state index in [0.29, 0.717) is 11.5 Å². The fourth-order valence-corrected chi connectivity index (χ4v) is 3.96. The zero-order chi connectivity index (χ0) is 21.9. The number of anilines is 3. The summed E-state index contributed by atoms with van der Waals surface area (Å²) in [4.78, 5) is 30.2.